The Labute approximate surface area is 159 Å². The Morgan fingerprint density at radius 1 is 1.00 bits per heavy atom. The van der Waals surface area contributed by atoms with Crippen LogP contribution in [0, 0.1) is 0 Å². The zero-order valence-corrected chi connectivity index (χ0v) is 15.4. The van der Waals surface area contributed by atoms with Crippen LogP contribution >= 0.6 is 0 Å². The lowest BCUT2D eigenvalue weighted by Gasteiger charge is -2.34. The normalized spacial score (nSPS) is 14.8. The van der Waals surface area contributed by atoms with Gasteiger partial charge in [0.25, 0.3) is 5.91 Å². The Bertz CT molecular complexity index is 813. The van der Waals surface area contributed by atoms with Crippen molar-refractivity contribution >= 4 is 11.9 Å². The lowest BCUT2D eigenvalue weighted by atomic mass is 10.0. The van der Waals surface area contributed by atoms with Crippen LogP contribution in [-0.2, 0) is 4.79 Å². The van der Waals surface area contributed by atoms with Gasteiger partial charge in [0.15, 0.2) is 0 Å². The van der Waals surface area contributed by atoms with E-state index in [1.54, 1.807) is 7.11 Å². The second-order valence-electron chi connectivity index (χ2n) is 6.59. The molecule has 6 heteroatoms. The SMILES string of the molecule is COc1cccc(-c2cccc(C(=O)N3CCN(CCC(=O)O)CC3)c2)c1. The molecule has 0 bridgehead atoms. The summed E-state index contributed by atoms with van der Waals surface area (Å²) in [4.78, 5) is 27.5. The van der Waals surface area contributed by atoms with Gasteiger partial charge in [0.2, 0.25) is 0 Å². The molecule has 1 saturated heterocycles. The maximum absolute atomic E-state index is 12.9. The first-order valence-electron chi connectivity index (χ1n) is 9.05. The summed E-state index contributed by atoms with van der Waals surface area (Å²) in [6, 6.07) is 15.4. The Kier molecular flexibility index (Phi) is 6.08. The van der Waals surface area contributed by atoms with Gasteiger partial charge in [0.05, 0.1) is 13.5 Å². The van der Waals surface area contributed by atoms with E-state index in [9.17, 15) is 9.59 Å². The van der Waals surface area contributed by atoms with Crippen molar-refractivity contribution in [3.05, 3.63) is 54.1 Å². The van der Waals surface area contributed by atoms with Crippen molar-refractivity contribution in [3.63, 3.8) is 0 Å². The topological polar surface area (TPSA) is 70.1 Å². The molecule has 1 heterocycles. The maximum Gasteiger partial charge on any atom is 0.304 e. The van der Waals surface area contributed by atoms with E-state index < -0.39 is 5.97 Å². The highest BCUT2D eigenvalue weighted by Crippen LogP contribution is 2.25. The number of carbonyl (C=O) groups is 2. The first-order valence-corrected chi connectivity index (χ1v) is 9.05. The third-order valence-electron chi connectivity index (χ3n) is 4.81. The minimum atomic E-state index is -0.789. The molecule has 1 N–H and O–H groups in total. The summed E-state index contributed by atoms with van der Waals surface area (Å²) < 4.78 is 5.28. The highest BCUT2D eigenvalue weighted by molar-refractivity contribution is 5.95. The van der Waals surface area contributed by atoms with Gasteiger partial charge in [0.1, 0.15) is 5.75 Å². The molecule has 0 aliphatic carbocycles. The molecule has 27 heavy (non-hydrogen) atoms. The van der Waals surface area contributed by atoms with Gasteiger partial charge in [-0.3, -0.25) is 14.5 Å². The van der Waals surface area contributed by atoms with Crippen LogP contribution in [0.5, 0.6) is 5.75 Å². The molecule has 1 aliphatic rings. The number of carboxylic acid groups (broad SMARTS) is 1. The van der Waals surface area contributed by atoms with E-state index in [-0.39, 0.29) is 12.3 Å². The molecule has 0 aromatic heterocycles. The van der Waals surface area contributed by atoms with E-state index in [4.69, 9.17) is 9.84 Å². The van der Waals surface area contributed by atoms with Crippen molar-refractivity contribution in [2.45, 2.75) is 6.42 Å². The van der Waals surface area contributed by atoms with Crippen LogP contribution in [0.4, 0.5) is 0 Å². The molecule has 142 valence electrons. The van der Waals surface area contributed by atoms with E-state index in [1.807, 2.05) is 53.4 Å². The fourth-order valence-electron chi connectivity index (χ4n) is 3.25. The van der Waals surface area contributed by atoms with E-state index in [0.717, 1.165) is 16.9 Å². The predicted molar refractivity (Wildman–Crippen MR) is 103 cm³/mol. The minimum Gasteiger partial charge on any atom is -0.497 e. The molecule has 2 aromatic carbocycles. The average molecular weight is 368 g/mol. The van der Waals surface area contributed by atoms with Crippen LogP contribution in [0.25, 0.3) is 11.1 Å². The van der Waals surface area contributed by atoms with Crippen LogP contribution < -0.4 is 4.74 Å². The van der Waals surface area contributed by atoms with Crippen molar-refractivity contribution in [1.82, 2.24) is 9.80 Å². The molecule has 0 atom stereocenters. The minimum absolute atomic E-state index is 0.0117. The summed E-state index contributed by atoms with van der Waals surface area (Å²) in [5, 5.41) is 8.79. The van der Waals surface area contributed by atoms with Gasteiger partial charge in [-0.2, -0.15) is 0 Å². The van der Waals surface area contributed by atoms with Gasteiger partial charge >= 0.3 is 5.97 Å². The quantitative estimate of drug-likeness (QED) is 0.849. The van der Waals surface area contributed by atoms with Gasteiger partial charge in [-0.1, -0.05) is 24.3 Å². The van der Waals surface area contributed by atoms with Crippen molar-refractivity contribution in [2.24, 2.45) is 0 Å². The number of hydrogen-bond donors (Lipinski definition) is 1. The first-order chi connectivity index (χ1) is 13.1. The molecule has 6 nitrogen and oxygen atoms in total. The summed E-state index contributed by atoms with van der Waals surface area (Å²) in [6.07, 6.45) is 0.135. The molecule has 1 amide bonds. The van der Waals surface area contributed by atoms with Crippen LogP contribution in [0.15, 0.2) is 48.5 Å². The second-order valence-corrected chi connectivity index (χ2v) is 6.59. The number of carbonyl (C=O) groups excluding carboxylic acids is 1. The number of benzene rings is 2. The molecule has 0 radical (unpaired) electrons. The summed E-state index contributed by atoms with van der Waals surface area (Å²) in [5.41, 5.74) is 2.64. The Hall–Kier alpha value is -2.86. The molecule has 0 saturated carbocycles. The Morgan fingerprint density at radius 2 is 1.67 bits per heavy atom. The first kappa shape index (κ1) is 18.9. The van der Waals surface area contributed by atoms with Crippen molar-refractivity contribution in [2.75, 3.05) is 39.8 Å². The Balaban J connectivity index is 1.66. The Morgan fingerprint density at radius 3 is 2.33 bits per heavy atom. The standard InChI is InChI=1S/C21H24N2O4/c1-27-19-7-3-5-17(15-19)16-4-2-6-18(14-16)21(26)23-12-10-22(11-13-23)9-8-20(24)25/h2-7,14-15H,8-13H2,1H3,(H,24,25). The molecular formula is C21H24N2O4. The van der Waals surface area contributed by atoms with Crippen molar-refractivity contribution in [1.29, 1.82) is 0 Å². The van der Waals surface area contributed by atoms with Crippen LogP contribution in [0.1, 0.15) is 16.8 Å². The number of rotatable bonds is 6. The lowest BCUT2D eigenvalue weighted by molar-refractivity contribution is -0.137. The van der Waals surface area contributed by atoms with E-state index in [1.165, 1.54) is 0 Å². The van der Waals surface area contributed by atoms with Crippen molar-refractivity contribution in [3.8, 4) is 16.9 Å². The fourth-order valence-corrected chi connectivity index (χ4v) is 3.25. The smallest absolute Gasteiger partial charge is 0.304 e. The molecule has 1 fully saturated rings. The molecule has 0 unspecified atom stereocenters. The predicted octanol–water partition coefficient (Wildman–Crippen LogP) is 2.59. The number of piperazine rings is 1. The molecular weight excluding hydrogens is 344 g/mol. The lowest BCUT2D eigenvalue weighted by Crippen LogP contribution is -2.49. The van der Waals surface area contributed by atoms with E-state index >= 15 is 0 Å². The van der Waals surface area contributed by atoms with Gasteiger partial charge in [-0.15, -0.1) is 0 Å². The molecule has 1 aliphatic heterocycles. The number of hydrogen-bond acceptors (Lipinski definition) is 4. The van der Waals surface area contributed by atoms with Crippen LogP contribution in [0.3, 0.4) is 0 Å². The maximum atomic E-state index is 12.9. The summed E-state index contributed by atoms with van der Waals surface area (Å²) >= 11 is 0. The molecule has 3 rings (SSSR count). The monoisotopic (exact) mass is 368 g/mol. The van der Waals surface area contributed by atoms with E-state index in [2.05, 4.69) is 4.90 Å². The summed E-state index contributed by atoms with van der Waals surface area (Å²) in [5.74, 6) is 0.00204. The number of carboxylic acids is 1. The number of ether oxygens (including phenoxy) is 1. The largest absolute Gasteiger partial charge is 0.497 e. The molecule has 2 aromatic rings. The van der Waals surface area contributed by atoms with Crippen LogP contribution in [0.2, 0.25) is 0 Å². The van der Waals surface area contributed by atoms with E-state index in [0.29, 0.717) is 38.3 Å². The zero-order valence-electron chi connectivity index (χ0n) is 15.4. The molecule has 0 spiro atoms. The van der Waals surface area contributed by atoms with Crippen molar-refractivity contribution < 1.29 is 19.4 Å². The number of aliphatic carboxylic acids is 1. The van der Waals surface area contributed by atoms with Gasteiger partial charge in [0, 0.05) is 38.3 Å². The number of nitrogens with zero attached hydrogens (tertiary/aromatic N) is 2. The van der Waals surface area contributed by atoms with Gasteiger partial charge in [-0.25, -0.2) is 0 Å². The van der Waals surface area contributed by atoms with Crippen LogP contribution in [-0.4, -0.2) is 66.6 Å². The average Bonchev–Trinajstić information content (AvgIpc) is 2.72. The highest BCUT2D eigenvalue weighted by Gasteiger charge is 2.22. The second kappa shape index (κ2) is 8.68. The zero-order chi connectivity index (χ0) is 19.2. The van der Waals surface area contributed by atoms with Gasteiger partial charge in [-0.05, 0) is 35.4 Å². The fraction of sp³-hybridized carbons (Fsp3) is 0.333. The summed E-state index contributed by atoms with van der Waals surface area (Å²) in [7, 11) is 1.63. The highest BCUT2D eigenvalue weighted by atomic mass is 16.5. The number of amides is 1. The summed E-state index contributed by atoms with van der Waals surface area (Å²) in [6.45, 7) is 3.16. The third kappa shape index (κ3) is 4.86. The van der Waals surface area contributed by atoms with Gasteiger partial charge < -0.3 is 14.7 Å². The third-order valence-corrected chi connectivity index (χ3v) is 4.81. The number of methoxy groups -OCH3 is 1.